The molecule has 0 saturated heterocycles. The first-order valence-electron chi connectivity index (χ1n) is 4.64. The maximum atomic E-state index is 12.7. The average Bonchev–Trinajstić information content (AvgIpc) is 2.58. The fourth-order valence-electron chi connectivity index (χ4n) is 1.73. The largest absolute Gasteiger partial charge is 0.435 e. The lowest BCUT2D eigenvalue weighted by molar-refractivity contribution is -0.141. The Kier molecular flexibility index (Phi) is 2.84. The molecule has 0 amide bonds. The van der Waals surface area contributed by atoms with Gasteiger partial charge in [-0.05, 0) is 12.2 Å². The van der Waals surface area contributed by atoms with Crippen molar-refractivity contribution >= 4 is 11.8 Å². The minimum absolute atomic E-state index is 0.122. The van der Waals surface area contributed by atoms with Gasteiger partial charge in [0.1, 0.15) is 6.54 Å². The van der Waals surface area contributed by atoms with E-state index in [0.29, 0.717) is 17.9 Å². The molecule has 1 aliphatic rings. The smallest absolute Gasteiger partial charge is 0.254 e. The first-order chi connectivity index (χ1) is 7.54. The van der Waals surface area contributed by atoms with Crippen LogP contribution in [0.15, 0.2) is 0 Å². The lowest BCUT2D eigenvalue weighted by atomic mass is 10.1. The van der Waals surface area contributed by atoms with E-state index in [4.69, 9.17) is 5.26 Å². The molecule has 7 heteroatoms. The standard InChI is InChI=1S/C9H8F3N3S/c10-9(11,12)8-6-5-16-4-1-7(6)15(14-8)3-2-13/h1,3-5H2. The van der Waals surface area contributed by atoms with Gasteiger partial charge < -0.3 is 0 Å². The Bertz CT molecular complexity index is 444. The predicted molar refractivity (Wildman–Crippen MR) is 52.7 cm³/mol. The van der Waals surface area contributed by atoms with Crippen LogP contribution < -0.4 is 0 Å². The minimum Gasteiger partial charge on any atom is -0.254 e. The molecule has 16 heavy (non-hydrogen) atoms. The zero-order valence-electron chi connectivity index (χ0n) is 8.21. The number of alkyl halides is 3. The van der Waals surface area contributed by atoms with Gasteiger partial charge in [-0.2, -0.15) is 35.3 Å². The van der Waals surface area contributed by atoms with Crippen molar-refractivity contribution in [3.05, 3.63) is 17.0 Å². The van der Waals surface area contributed by atoms with Crippen molar-refractivity contribution in [2.75, 3.05) is 5.75 Å². The summed E-state index contributed by atoms with van der Waals surface area (Å²) in [6, 6.07) is 1.83. The number of halogens is 3. The summed E-state index contributed by atoms with van der Waals surface area (Å²) < 4.78 is 39.2. The molecule has 0 bridgehead atoms. The molecule has 1 aromatic rings. The molecule has 1 aromatic heterocycles. The maximum Gasteiger partial charge on any atom is 0.435 e. The monoisotopic (exact) mass is 247 g/mol. The molecule has 0 radical (unpaired) electrons. The van der Waals surface area contributed by atoms with Crippen molar-refractivity contribution < 1.29 is 13.2 Å². The quantitative estimate of drug-likeness (QED) is 0.764. The van der Waals surface area contributed by atoms with Gasteiger partial charge in [0.25, 0.3) is 0 Å². The van der Waals surface area contributed by atoms with Crippen LogP contribution in [0.3, 0.4) is 0 Å². The number of hydrogen-bond acceptors (Lipinski definition) is 3. The number of rotatable bonds is 1. The third-order valence-corrected chi connectivity index (χ3v) is 3.37. The lowest BCUT2D eigenvalue weighted by Crippen LogP contribution is -2.10. The minimum atomic E-state index is -4.43. The first-order valence-corrected chi connectivity index (χ1v) is 5.80. The molecule has 2 heterocycles. The van der Waals surface area contributed by atoms with Crippen molar-refractivity contribution in [3.63, 3.8) is 0 Å². The second-order valence-electron chi connectivity index (χ2n) is 3.39. The van der Waals surface area contributed by atoms with Gasteiger partial charge in [0.2, 0.25) is 0 Å². The Balaban J connectivity index is 2.51. The predicted octanol–water partition coefficient (Wildman–Crippen LogP) is 2.21. The highest BCUT2D eigenvalue weighted by Gasteiger charge is 2.39. The molecule has 0 aliphatic carbocycles. The number of aromatic nitrogens is 2. The molecule has 0 aromatic carbocycles. The van der Waals surface area contributed by atoms with E-state index < -0.39 is 11.9 Å². The Hall–Kier alpha value is -1.16. The number of hydrogen-bond donors (Lipinski definition) is 0. The van der Waals surface area contributed by atoms with Crippen LogP contribution >= 0.6 is 11.8 Å². The Morgan fingerprint density at radius 2 is 2.25 bits per heavy atom. The van der Waals surface area contributed by atoms with Crippen LogP contribution in [-0.4, -0.2) is 15.5 Å². The van der Waals surface area contributed by atoms with E-state index in [2.05, 4.69) is 5.10 Å². The Morgan fingerprint density at radius 3 is 2.88 bits per heavy atom. The van der Waals surface area contributed by atoms with Crippen LogP contribution in [0.2, 0.25) is 0 Å². The maximum absolute atomic E-state index is 12.7. The molecule has 0 unspecified atom stereocenters. The van der Waals surface area contributed by atoms with Crippen molar-refractivity contribution in [2.45, 2.75) is 24.9 Å². The van der Waals surface area contributed by atoms with Gasteiger partial charge in [0.15, 0.2) is 5.69 Å². The van der Waals surface area contributed by atoms with Crippen LogP contribution in [0.5, 0.6) is 0 Å². The Morgan fingerprint density at radius 1 is 1.50 bits per heavy atom. The second kappa shape index (κ2) is 4.01. The molecule has 0 atom stereocenters. The fourth-order valence-corrected chi connectivity index (χ4v) is 2.72. The van der Waals surface area contributed by atoms with Gasteiger partial charge in [0, 0.05) is 17.0 Å². The molecule has 3 nitrogen and oxygen atoms in total. The normalized spacial score (nSPS) is 15.6. The molecule has 2 rings (SSSR count). The highest BCUT2D eigenvalue weighted by Crippen LogP contribution is 2.36. The summed E-state index contributed by atoms with van der Waals surface area (Å²) in [6.07, 6.45) is -3.88. The van der Waals surface area contributed by atoms with Crippen molar-refractivity contribution in [3.8, 4) is 6.07 Å². The van der Waals surface area contributed by atoms with E-state index in [1.54, 1.807) is 0 Å². The zero-order chi connectivity index (χ0) is 11.8. The summed E-state index contributed by atoms with van der Waals surface area (Å²) in [5.41, 5.74) is -0.0171. The van der Waals surface area contributed by atoms with E-state index in [0.717, 1.165) is 5.75 Å². The number of nitriles is 1. The van der Waals surface area contributed by atoms with Gasteiger partial charge in [-0.1, -0.05) is 0 Å². The third-order valence-electron chi connectivity index (χ3n) is 2.39. The third kappa shape index (κ3) is 1.89. The van der Waals surface area contributed by atoms with E-state index in [9.17, 15) is 13.2 Å². The fraction of sp³-hybridized carbons (Fsp3) is 0.556. The van der Waals surface area contributed by atoms with Crippen LogP contribution in [0.4, 0.5) is 13.2 Å². The van der Waals surface area contributed by atoms with Gasteiger partial charge in [-0.25, -0.2) is 0 Å². The summed E-state index contributed by atoms with van der Waals surface area (Å²) in [6.45, 7) is -0.122. The van der Waals surface area contributed by atoms with Crippen LogP contribution in [0.25, 0.3) is 0 Å². The zero-order valence-corrected chi connectivity index (χ0v) is 9.03. The molecular weight excluding hydrogens is 239 g/mol. The van der Waals surface area contributed by atoms with E-state index >= 15 is 0 Å². The van der Waals surface area contributed by atoms with E-state index in [1.165, 1.54) is 16.4 Å². The lowest BCUT2D eigenvalue weighted by Gasteiger charge is -2.13. The van der Waals surface area contributed by atoms with Gasteiger partial charge >= 0.3 is 6.18 Å². The molecule has 1 aliphatic heterocycles. The van der Waals surface area contributed by atoms with Crippen molar-refractivity contribution in [1.29, 1.82) is 5.26 Å². The van der Waals surface area contributed by atoms with E-state index in [-0.39, 0.29) is 12.1 Å². The van der Waals surface area contributed by atoms with Gasteiger partial charge in [-0.15, -0.1) is 0 Å². The molecular formula is C9H8F3N3S. The molecule has 0 N–H and O–H groups in total. The SMILES string of the molecule is N#CCn1nc(C(F)(F)F)c2c1CCSC2. The Labute approximate surface area is 94.2 Å². The van der Waals surface area contributed by atoms with Crippen LogP contribution in [0.1, 0.15) is 17.0 Å². The average molecular weight is 247 g/mol. The van der Waals surface area contributed by atoms with Gasteiger partial charge in [0.05, 0.1) is 6.07 Å². The number of thioether (sulfide) groups is 1. The molecule has 0 saturated carbocycles. The number of nitrogens with zero attached hydrogens (tertiary/aromatic N) is 3. The number of fused-ring (bicyclic) bond motifs is 1. The molecule has 86 valence electrons. The summed E-state index contributed by atoms with van der Waals surface area (Å²) in [5, 5.41) is 12.0. The van der Waals surface area contributed by atoms with Crippen LogP contribution in [0, 0.1) is 11.3 Å². The van der Waals surface area contributed by atoms with Crippen molar-refractivity contribution in [2.24, 2.45) is 0 Å². The topological polar surface area (TPSA) is 41.6 Å². The summed E-state index contributed by atoms with van der Waals surface area (Å²) in [7, 11) is 0. The summed E-state index contributed by atoms with van der Waals surface area (Å²) >= 11 is 1.46. The molecule has 0 fully saturated rings. The highest BCUT2D eigenvalue weighted by molar-refractivity contribution is 7.98. The summed E-state index contributed by atoms with van der Waals surface area (Å²) in [5.74, 6) is 1.11. The summed E-state index contributed by atoms with van der Waals surface area (Å²) in [4.78, 5) is 0. The van der Waals surface area contributed by atoms with Crippen LogP contribution in [-0.2, 0) is 24.9 Å². The highest BCUT2D eigenvalue weighted by atomic mass is 32.2. The molecule has 0 spiro atoms. The second-order valence-corrected chi connectivity index (χ2v) is 4.50. The van der Waals surface area contributed by atoms with E-state index in [1.807, 2.05) is 6.07 Å². The van der Waals surface area contributed by atoms with Crippen molar-refractivity contribution in [1.82, 2.24) is 9.78 Å². The first kappa shape index (κ1) is 11.3. The van der Waals surface area contributed by atoms with Gasteiger partial charge in [-0.3, -0.25) is 4.68 Å².